The van der Waals surface area contributed by atoms with Gasteiger partial charge in [-0.05, 0) is 18.9 Å². The summed E-state index contributed by atoms with van der Waals surface area (Å²) in [5, 5.41) is 16.7. The third-order valence-electron chi connectivity index (χ3n) is 3.97. The van der Waals surface area contributed by atoms with E-state index in [-0.39, 0.29) is 18.4 Å². The number of carbonyl (C=O) groups excluding carboxylic acids is 1. The van der Waals surface area contributed by atoms with Crippen LogP contribution >= 0.6 is 0 Å². The van der Waals surface area contributed by atoms with E-state index in [1.165, 1.54) is 0 Å². The molecule has 1 aromatic heterocycles. The van der Waals surface area contributed by atoms with Gasteiger partial charge in [-0.1, -0.05) is 31.2 Å². The lowest BCUT2D eigenvalue weighted by Crippen LogP contribution is -2.23. The van der Waals surface area contributed by atoms with E-state index < -0.39 is 0 Å². The molecule has 1 unspecified atom stereocenters. The Hall–Kier alpha value is -2.18. The van der Waals surface area contributed by atoms with Gasteiger partial charge < -0.3 is 15.2 Å². The smallest absolute Gasteiger partial charge is 0.228 e. The monoisotopic (exact) mass is 331 g/mol. The molecule has 2 aromatic rings. The number of amides is 1. The number of methoxy groups -OCH3 is 1. The Morgan fingerprint density at radius 3 is 2.83 bits per heavy atom. The third-order valence-corrected chi connectivity index (χ3v) is 3.97. The Morgan fingerprint density at radius 2 is 2.17 bits per heavy atom. The number of aryl methyl sites for hydroxylation is 1. The molecule has 6 nitrogen and oxygen atoms in total. The second-order valence-electron chi connectivity index (χ2n) is 5.85. The van der Waals surface area contributed by atoms with Gasteiger partial charge in [0.05, 0.1) is 18.8 Å². The van der Waals surface area contributed by atoms with Crippen LogP contribution in [0, 0.1) is 12.8 Å². The van der Waals surface area contributed by atoms with E-state index in [0.717, 1.165) is 16.8 Å². The number of ether oxygens (including phenoxy) is 1. The van der Waals surface area contributed by atoms with Crippen molar-refractivity contribution in [2.45, 2.75) is 26.8 Å². The molecule has 0 aliphatic carbocycles. The number of hydrogen-bond donors (Lipinski definition) is 2. The average Bonchev–Trinajstić information content (AvgIpc) is 2.95. The van der Waals surface area contributed by atoms with Crippen molar-refractivity contribution in [2.24, 2.45) is 5.92 Å². The second-order valence-corrected chi connectivity index (χ2v) is 5.85. The number of benzene rings is 1. The van der Waals surface area contributed by atoms with Gasteiger partial charge >= 0.3 is 0 Å². The van der Waals surface area contributed by atoms with Crippen LogP contribution in [-0.2, 0) is 16.1 Å². The van der Waals surface area contributed by atoms with E-state index >= 15 is 0 Å². The zero-order chi connectivity index (χ0) is 17.5. The fourth-order valence-electron chi connectivity index (χ4n) is 2.45. The minimum Gasteiger partial charge on any atom is -0.394 e. The molecule has 0 saturated carbocycles. The Bertz CT molecular complexity index is 682. The summed E-state index contributed by atoms with van der Waals surface area (Å²) >= 11 is 0. The fourth-order valence-corrected chi connectivity index (χ4v) is 2.45. The highest BCUT2D eigenvalue weighted by atomic mass is 16.5. The number of aliphatic hydroxyl groups excluding tert-OH is 1. The van der Waals surface area contributed by atoms with Crippen LogP contribution < -0.4 is 5.32 Å². The normalized spacial score (nSPS) is 12.2. The topological polar surface area (TPSA) is 76.4 Å². The summed E-state index contributed by atoms with van der Waals surface area (Å²) in [7, 11) is 1.62. The lowest BCUT2D eigenvalue weighted by atomic mass is 10.1. The van der Waals surface area contributed by atoms with Crippen LogP contribution in [0.15, 0.2) is 30.3 Å². The molecule has 0 spiro atoms. The van der Waals surface area contributed by atoms with Gasteiger partial charge in [-0.2, -0.15) is 5.10 Å². The predicted molar refractivity (Wildman–Crippen MR) is 93.8 cm³/mol. The first kappa shape index (κ1) is 18.2. The molecule has 2 rings (SSSR count). The lowest BCUT2D eigenvalue weighted by molar-refractivity contribution is -0.119. The first-order chi connectivity index (χ1) is 11.6. The highest BCUT2D eigenvalue weighted by Gasteiger charge is 2.17. The van der Waals surface area contributed by atoms with Gasteiger partial charge in [-0.3, -0.25) is 4.79 Å². The summed E-state index contributed by atoms with van der Waals surface area (Å²) in [6, 6.07) is 9.79. The van der Waals surface area contributed by atoms with Crippen molar-refractivity contribution < 1.29 is 14.6 Å². The maximum Gasteiger partial charge on any atom is 0.228 e. The number of hydrogen-bond acceptors (Lipinski definition) is 4. The standard InChI is InChI=1S/C18H25N3O3/c1-13-6-4-5-7-15(13)16-12-17(21(20-16)9-10-22)19-18(23)14(2)8-11-24-3/h4-7,12,14,22H,8-11H2,1-3H3,(H,19,23). The minimum absolute atomic E-state index is 0.0447. The summed E-state index contributed by atoms with van der Waals surface area (Å²) in [4.78, 5) is 12.3. The molecule has 1 atom stereocenters. The van der Waals surface area contributed by atoms with Gasteiger partial charge in [0.2, 0.25) is 5.91 Å². The van der Waals surface area contributed by atoms with E-state index in [0.29, 0.717) is 25.4 Å². The molecule has 0 bridgehead atoms. The van der Waals surface area contributed by atoms with Gasteiger partial charge in [0.25, 0.3) is 0 Å². The molecule has 130 valence electrons. The van der Waals surface area contributed by atoms with E-state index in [1.807, 2.05) is 44.2 Å². The Morgan fingerprint density at radius 1 is 1.42 bits per heavy atom. The third kappa shape index (κ3) is 4.43. The van der Waals surface area contributed by atoms with Crippen molar-refractivity contribution in [1.82, 2.24) is 9.78 Å². The van der Waals surface area contributed by atoms with Gasteiger partial charge in [-0.15, -0.1) is 0 Å². The SMILES string of the molecule is COCCC(C)C(=O)Nc1cc(-c2ccccc2C)nn1CCO. The minimum atomic E-state index is -0.163. The van der Waals surface area contributed by atoms with Gasteiger partial charge in [0, 0.05) is 31.3 Å². The van der Waals surface area contributed by atoms with Crippen LogP contribution in [0.4, 0.5) is 5.82 Å². The summed E-state index contributed by atoms with van der Waals surface area (Å²) in [6.07, 6.45) is 0.654. The molecule has 1 heterocycles. The molecule has 0 saturated heterocycles. The van der Waals surface area contributed by atoms with Gasteiger partial charge in [0.15, 0.2) is 0 Å². The lowest BCUT2D eigenvalue weighted by Gasteiger charge is -2.12. The maximum absolute atomic E-state index is 12.3. The van der Waals surface area contributed by atoms with Crippen molar-refractivity contribution in [3.8, 4) is 11.3 Å². The molecule has 6 heteroatoms. The Balaban J connectivity index is 2.23. The predicted octanol–water partition coefficient (Wildman–Crippen LogP) is 2.46. The molecular weight excluding hydrogens is 306 g/mol. The summed E-state index contributed by atoms with van der Waals surface area (Å²) in [6.45, 7) is 4.71. The van der Waals surface area contributed by atoms with Crippen LogP contribution in [0.5, 0.6) is 0 Å². The van der Waals surface area contributed by atoms with Gasteiger partial charge in [-0.25, -0.2) is 4.68 Å². The molecular formula is C18H25N3O3. The molecule has 0 aliphatic heterocycles. The van der Waals surface area contributed by atoms with Crippen LogP contribution in [0.3, 0.4) is 0 Å². The second kappa shape index (κ2) is 8.61. The van der Waals surface area contributed by atoms with Crippen molar-refractivity contribution in [1.29, 1.82) is 0 Å². The van der Waals surface area contributed by atoms with Crippen LogP contribution in [-0.4, -0.2) is 41.1 Å². The highest BCUT2D eigenvalue weighted by Crippen LogP contribution is 2.25. The van der Waals surface area contributed by atoms with E-state index in [4.69, 9.17) is 4.74 Å². The zero-order valence-corrected chi connectivity index (χ0v) is 14.5. The number of anilines is 1. The number of carbonyl (C=O) groups is 1. The molecule has 0 fully saturated rings. The highest BCUT2D eigenvalue weighted by molar-refractivity contribution is 5.92. The number of nitrogens with one attached hydrogen (secondary N) is 1. The summed E-state index contributed by atoms with van der Waals surface area (Å²) in [5.74, 6) is 0.350. The zero-order valence-electron chi connectivity index (χ0n) is 14.5. The van der Waals surface area contributed by atoms with Crippen molar-refractivity contribution in [3.05, 3.63) is 35.9 Å². The van der Waals surface area contributed by atoms with Crippen LogP contribution in [0.1, 0.15) is 18.9 Å². The number of aliphatic hydroxyl groups is 1. The average molecular weight is 331 g/mol. The van der Waals surface area contributed by atoms with E-state index in [9.17, 15) is 9.90 Å². The van der Waals surface area contributed by atoms with Crippen molar-refractivity contribution >= 4 is 11.7 Å². The first-order valence-corrected chi connectivity index (χ1v) is 8.11. The molecule has 0 radical (unpaired) electrons. The van der Waals surface area contributed by atoms with E-state index in [1.54, 1.807) is 11.8 Å². The summed E-state index contributed by atoms with van der Waals surface area (Å²) < 4.78 is 6.65. The molecule has 2 N–H and O–H groups in total. The molecule has 1 aromatic carbocycles. The number of rotatable bonds is 8. The maximum atomic E-state index is 12.3. The Labute approximate surface area is 142 Å². The number of nitrogens with zero attached hydrogens (tertiary/aromatic N) is 2. The summed E-state index contributed by atoms with van der Waals surface area (Å²) in [5.41, 5.74) is 2.90. The quantitative estimate of drug-likeness (QED) is 0.779. The molecule has 24 heavy (non-hydrogen) atoms. The van der Waals surface area contributed by atoms with Crippen molar-refractivity contribution in [2.75, 3.05) is 25.6 Å². The van der Waals surface area contributed by atoms with Gasteiger partial charge in [0.1, 0.15) is 5.82 Å². The van der Waals surface area contributed by atoms with Crippen molar-refractivity contribution in [3.63, 3.8) is 0 Å². The molecule has 1 amide bonds. The van der Waals surface area contributed by atoms with E-state index in [2.05, 4.69) is 10.4 Å². The van der Waals surface area contributed by atoms with Crippen LogP contribution in [0.25, 0.3) is 11.3 Å². The molecule has 0 aliphatic rings. The fraction of sp³-hybridized carbons (Fsp3) is 0.444. The van der Waals surface area contributed by atoms with Crippen LogP contribution in [0.2, 0.25) is 0 Å². The largest absolute Gasteiger partial charge is 0.394 e. The first-order valence-electron chi connectivity index (χ1n) is 8.11. The Kier molecular flexibility index (Phi) is 6.52. The number of aromatic nitrogens is 2.